The van der Waals surface area contributed by atoms with Crippen LogP contribution in [0, 0.1) is 5.92 Å². The third-order valence-electron chi connectivity index (χ3n) is 5.58. The first-order valence-electron chi connectivity index (χ1n) is 11.6. The predicted molar refractivity (Wildman–Crippen MR) is 132 cm³/mol. The Morgan fingerprint density at radius 1 is 0.882 bits per heavy atom. The van der Waals surface area contributed by atoms with Crippen molar-refractivity contribution in [2.45, 2.75) is 39.8 Å². The Bertz CT molecular complexity index is 1140. The molecule has 1 N–H and O–H groups in total. The van der Waals surface area contributed by atoms with E-state index in [2.05, 4.69) is 5.32 Å². The molecule has 0 aromatic heterocycles. The molecular weight excluding hydrogens is 428 g/mol. The van der Waals surface area contributed by atoms with Gasteiger partial charge in [0.15, 0.2) is 11.5 Å². The van der Waals surface area contributed by atoms with Gasteiger partial charge in [0.1, 0.15) is 0 Å². The van der Waals surface area contributed by atoms with Gasteiger partial charge in [-0.15, -0.1) is 0 Å². The zero-order chi connectivity index (χ0) is 23.9. The van der Waals surface area contributed by atoms with E-state index in [1.54, 1.807) is 0 Å². The number of carbonyl (C=O) groups is 2. The summed E-state index contributed by atoms with van der Waals surface area (Å²) in [6.07, 6.45) is 0.697. The van der Waals surface area contributed by atoms with Crippen molar-refractivity contribution in [2.75, 3.05) is 11.7 Å². The summed E-state index contributed by atoms with van der Waals surface area (Å²) in [4.78, 5) is 27.5. The first-order valence-corrected chi connectivity index (χ1v) is 11.6. The molecule has 0 saturated heterocycles. The molecule has 1 aliphatic heterocycles. The van der Waals surface area contributed by atoms with Crippen molar-refractivity contribution in [3.8, 4) is 11.5 Å². The maximum Gasteiger partial charge on any atom is 0.231 e. The Kier molecular flexibility index (Phi) is 7.48. The van der Waals surface area contributed by atoms with Crippen molar-refractivity contribution < 1.29 is 19.1 Å². The molecule has 3 aromatic rings. The average Bonchev–Trinajstić information content (AvgIpc) is 3.29. The summed E-state index contributed by atoms with van der Waals surface area (Å²) in [5.41, 5.74) is 3.66. The molecule has 0 fully saturated rings. The summed E-state index contributed by atoms with van der Waals surface area (Å²) >= 11 is 0. The average molecular weight is 459 g/mol. The molecule has 0 unspecified atom stereocenters. The van der Waals surface area contributed by atoms with Crippen LogP contribution >= 0.6 is 0 Å². The summed E-state index contributed by atoms with van der Waals surface area (Å²) < 4.78 is 10.7. The lowest BCUT2D eigenvalue weighted by Gasteiger charge is -2.24. The lowest BCUT2D eigenvalue weighted by molar-refractivity contribution is -0.120. The van der Waals surface area contributed by atoms with Crippen molar-refractivity contribution in [1.82, 2.24) is 5.32 Å². The van der Waals surface area contributed by atoms with Gasteiger partial charge in [-0.25, -0.2) is 0 Å². The maximum atomic E-state index is 13.1. The standard InChI is InChI=1S/C28H30N2O4/c1-20(2)13-28(32)30(18-21-7-4-3-5-8-21)24-10-6-9-22(14-24)16-27(31)29-17-23-11-12-25-26(15-23)34-19-33-25/h3-12,14-15,20H,13,16-19H2,1-2H3,(H,29,31). The van der Waals surface area contributed by atoms with Gasteiger partial charge in [0, 0.05) is 18.7 Å². The normalized spacial score (nSPS) is 12.0. The molecule has 34 heavy (non-hydrogen) atoms. The summed E-state index contributed by atoms with van der Waals surface area (Å²) in [6.45, 7) is 5.20. The molecule has 0 spiro atoms. The topological polar surface area (TPSA) is 67.9 Å². The molecule has 0 bridgehead atoms. The van der Waals surface area contributed by atoms with Crippen LogP contribution in [-0.4, -0.2) is 18.6 Å². The Hall–Kier alpha value is -3.80. The second-order valence-electron chi connectivity index (χ2n) is 8.87. The monoisotopic (exact) mass is 458 g/mol. The van der Waals surface area contributed by atoms with Crippen LogP contribution in [-0.2, 0) is 29.1 Å². The van der Waals surface area contributed by atoms with Gasteiger partial charge in [0.25, 0.3) is 0 Å². The molecule has 2 amide bonds. The van der Waals surface area contributed by atoms with E-state index in [9.17, 15) is 9.59 Å². The van der Waals surface area contributed by atoms with E-state index >= 15 is 0 Å². The van der Waals surface area contributed by atoms with Crippen LogP contribution in [0.15, 0.2) is 72.8 Å². The highest BCUT2D eigenvalue weighted by molar-refractivity contribution is 5.93. The number of rotatable bonds is 9. The number of amides is 2. The molecule has 6 heteroatoms. The Balaban J connectivity index is 1.43. The van der Waals surface area contributed by atoms with Crippen molar-refractivity contribution in [1.29, 1.82) is 0 Å². The van der Waals surface area contributed by atoms with E-state index in [1.165, 1.54) is 0 Å². The van der Waals surface area contributed by atoms with Crippen LogP contribution in [0.25, 0.3) is 0 Å². The van der Waals surface area contributed by atoms with E-state index in [4.69, 9.17) is 9.47 Å². The van der Waals surface area contributed by atoms with Gasteiger partial charge in [-0.1, -0.05) is 62.4 Å². The largest absolute Gasteiger partial charge is 0.454 e. The first kappa shape index (κ1) is 23.4. The van der Waals surface area contributed by atoms with E-state index in [-0.39, 0.29) is 30.9 Å². The van der Waals surface area contributed by atoms with Crippen molar-refractivity contribution in [3.63, 3.8) is 0 Å². The second-order valence-corrected chi connectivity index (χ2v) is 8.87. The minimum atomic E-state index is -0.0852. The number of nitrogens with zero attached hydrogens (tertiary/aromatic N) is 1. The predicted octanol–water partition coefficient (Wildman–Crippen LogP) is 4.85. The maximum absolute atomic E-state index is 13.1. The molecule has 0 atom stereocenters. The molecule has 0 saturated carbocycles. The van der Waals surface area contributed by atoms with Gasteiger partial charge < -0.3 is 19.7 Å². The Labute approximate surface area is 200 Å². The number of anilines is 1. The van der Waals surface area contributed by atoms with Gasteiger partial charge in [0.2, 0.25) is 18.6 Å². The fourth-order valence-corrected chi connectivity index (χ4v) is 3.88. The quantitative estimate of drug-likeness (QED) is 0.498. The molecule has 3 aromatic carbocycles. The highest BCUT2D eigenvalue weighted by Gasteiger charge is 2.18. The van der Waals surface area contributed by atoms with Crippen molar-refractivity contribution in [3.05, 3.63) is 89.5 Å². The highest BCUT2D eigenvalue weighted by atomic mass is 16.7. The minimum Gasteiger partial charge on any atom is -0.454 e. The summed E-state index contributed by atoms with van der Waals surface area (Å²) in [7, 11) is 0. The van der Waals surface area contributed by atoms with E-state index < -0.39 is 0 Å². The van der Waals surface area contributed by atoms with Crippen molar-refractivity contribution in [2.24, 2.45) is 5.92 Å². The SMILES string of the molecule is CC(C)CC(=O)N(Cc1ccccc1)c1cccc(CC(=O)NCc2ccc3c(c2)OCO3)c1. The van der Waals surface area contributed by atoms with Crippen LogP contribution in [0.5, 0.6) is 11.5 Å². The summed E-state index contributed by atoms with van der Waals surface area (Å²) in [6, 6.07) is 23.3. The molecule has 0 radical (unpaired) electrons. The highest BCUT2D eigenvalue weighted by Crippen LogP contribution is 2.32. The number of hydrogen-bond donors (Lipinski definition) is 1. The van der Waals surface area contributed by atoms with Gasteiger partial charge >= 0.3 is 0 Å². The summed E-state index contributed by atoms with van der Waals surface area (Å²) in [5.74, 6) is 1.67. The molecule has 176 valence electrons. The number of nitrogens with one attached hydrogen (secondary N) is 1. The van der Waals surface area contributed by atoms with Crippen LogP contribution in [0.3, 0.4) is 0 Å². The third kappa shape index (κ3) is 6.16. The number of fused-ring (bicyclic) bond motifs is 1. The fourth-order valence-electron chi connectivity index (χ4n) is 3.88. The first-order chi connectivity index (χ1) is 16.5. The molecule has 0 aliphatic carbocycles. The number of carbonyl (C=O) groups excluding carboxylic acids is 2. The number of ether oxygens (including phenoxy) is 2. The van der Waals surface area contributed by atoms with E-state index in [0.717, 1.165) is 28.1 Å². The Morgan fingerprint density at radius 2 is 1.65 bits per heavy atom. The van der Waals surface area contributed by atoms with Gasteiger partial charge in [0.05, 0.1) is 13.0 Å². The minimum absolute atomic E-state index is 0.0725. The van der Waals surface area contributed by atoms with E-state index in [1.807, 2.05) is 91.5 Å². The molecule has 1 heterocycles. The summed E-state index contributed by atoms with van der Waals surface area (Å²) in [5, 5.41) is 2.96. The zero-order valence-electron chi connectivity index (χ0n) is 19.6. The van der Waals surface area contributed by atoms with Gasteiger partial charge in [-0.2, -0.15) is 0 Å². The fraction of sp³-hybridized carbons (Fsp3) is 0.286. The molecule has 4 rings (SSSR count). The number of benzene rings is 3. The lowest BCUT2D eigenvalue weighted by atomic mass is 10.1. The Morgan fingerprint density at radius 3 is 2.44 bits per heavy atom. The second kappa shape index (κ2) is 10.9. The smallest absolute Gasteiger partial charge is 0.231 e. The third-order valence-corrected chi connectivity index (χ3v) is 5.58. The molecule has 1 aliphatic rings. The zero-order valence-corrected chi connectivity index (χ0v) is 19.6. The van der Waals surface area contributed by atoms with E-state index in [0.29, 0.717) is 25.3 Å². The van der Waals surface area contributed by atoms with Crippen LogP contribution < -0.4 is 19.7 Å². The molecular formula is C28H30N2O4. The number of hydrogen-bond acceptors (Lipinski definition) is 4. The lowest BCUT2D eigenvalue weighted by Crippen LogP contribution is -2.31. The van der Waals surface area contributed by atoms with Crippen LogP contribution in [0.4, 0.5) is 5.69 Å². The van der Waals surface area contributed by atoms with Crippen LogP contribution in [0.2, 0.25) is 0 Å². The van der Waals surface area contributed by atoms with Crippen molar-refractivity contribution >= 4 is 17.5 Å². The molecule has 6 nitrogen and oxygen atoms in total. The van der Waals surface area contributed by atoms with Gasteiger partial charge in [-0.05, 0) is 46.9 Å². The van der Waals surface area contributed by atoms with Gasteiger partial charge in [-0.3, -0.25) is 9.59 Å². The van der Waals surface area contributed by atoms with Crippen LogP contribution in [0.1, 0.15) is 37.0 Å².